The Morgan fingerprint density at radius 3 is 1.86 bits per heavy atom. The van der Waals surface area contributed by atoms with Gasteiger partial charge in [-0.05, 0) is 0 Å². The second-order valence-corrected chi connectivity index (χ2v) is 1.47. The minimum atomic E-state index is 1.00. The van der Waals surface area contributed by atoms with Crippen LogP contribution in [0, 0.1) is 5.75 Å². The van der Waals surface area contributed by atoms with Crippen LogP contribution in [0.15, 0.2) is 0 Å². The molecule has 40 valence electrons. The maximum absolute atomic E-state index is 3.85. The second-order valence-electron chi connectivity index (χ2n) is 1.27. The van der Waals surface area contributed by atoms with E-state index in [0.29, 0.717) is 0 Å². The van der Waals surface area contributed by atoms with Crippen molar-refractivity contribution in [3.05, 3.63) is 0 Å². The molecule has 0 heterocycles. The van der Waals surface area contributed by atoms with Crippen LogP contribution in [0.4, 0.5) is 0 Å². The third-order valence-electron chi connectivity index (χ3n) is 0.905. The zero-order valence-corrected chi connectivity index (χ0v) is 5.70. The zero-order chi connectivity index (χ0) is 5.70. The predicted molar refractivity (Wildman–Crippen MR) is 33.7 cm³/mol. The summed E-state index contributed by atoms with van der Waals surface area (Å²) in [7, 11) is 3.85. The number of hydrogen-bond donors (Lipinski definition) is 0. The molecule has 0 aliphatic heterocycles. The predicted octanol–water partition coefficient (Wildman–Crippen LogP) is 1.66. The van der Waals surface area contributed by atoms with Gasteiger partial charge in [0.05, 0.1) is 0 Å². The molecule has 0 aromatic heterocycles. The molecule has 0 amide bonds. The van der Waals surface area contributed by atoms with Crippen molar-refractivity contribution in [1.29, 1.82) is 0 Å². The van der Waals surface area contributed by atoms with Crippen molar-refractivity contribution in [2.75, 3.05) is 13.1 Å². The molecule has 0 rings (SSSR count). The Hall–Kier alpha value is 0.170. The molecule has 0 aromatic carbocycles. The Labute approximate surface area is 47.2 Å². The van der Waals surface area contributed by atoms with Crippen molar-refractivity contribution in [3.63, 3.8) is 0 Å². The first-order chi connectivity index (χ1) is 3.35. The van der Waals surface area contributed by atoms with Gasteiger partial charge in [-0.3, -0.25) is 0 Å². The summed E-state index contributed by atoms with van der Waals surface area (Å²) in [4.78, 5) is 1.99. The van der Waals surface area contributed by atoms with Gasteiger partial charge in [-0.25, -0.2) is 0 Å². The number of rotatable bonds is 2. The Morgan fingerprint density at radius 1 is 1.43 bits per heavy atom. The van der Waals surface area contributed by atoms with Gasteiger partial charge in [-0.1, -0.05) is 0 Å². The standard InChI is InChI=1S/C5H10NP/c1-3-6(4-2)5-7/h3-4H2,1-2H3. The van der Waals surface area contributed by atoms with Crippen molar-refractivity contribution in [1.82, 2.24) is 4.90 Å². The monoisotopic (exact) mass is 115 g/mol. The number of nitrogens with zero attached hydrogens (tertiary/aromatic N) is 1. The molecule has 0 fully saturated rings. The Bertz CT molecular complexity index is 70.6. The molecular formula is C5H10NP. The van der Waals surface area contributed by atoms with Gasteiger partial charge in [0.2, 0.25) is 0 Å². The summed E-state index contributed by atoms with van der Waals surface area (Å²) in [5.41, 5.74) is 0. The molecule has 2 heteroatoms. The van der Waals surface area contributed by atoms with Crippen LogP contribution in [-0.2, 0) is 0 Å². The van der Waals surface area contributed by atoms with E-state index < -0.39 is 0 Å². The minimum absolute atomic E-state index is 1.00. The fourth-order valence-electron chi connectivity index (χ4n) is 0.365. The molecule has 7 heavy (non-hydrogen) atoms. The molecule has 1 nitrogen and oxygen atoms in total. The van der Waals surface area contributed by atoms with E-state index in [1.807, 2.05) is 4.90 Å². The molecule has 0 aliphatic carbocycles. The summed E-state index contributed by atoms with van der Waals surface area (Å²) < 4.78 is 0. The van der Waals surface area contributed by atoms with Crippen LogP contribution < -0.4 is 0 Å². The quantitative estimate of drug-likeness (QED) is 0.390. The first kappa shape index (κ1) is 7.17. The first-order valence-electron chi connectivity index (χ1n) is 2.49. The summed E-state index contributed by atoms with van der Waals surface area (Å²) in [5, 5.41) is 0. The van der Waals surface area contributed by atoms with Gasteiger partial charge < -0.3 is 0 Å². The van der Waals surface area contributed by atoms with Crippen molar-refractivity contribution in [2.24, 2.45) is 0 Å². The Kier molecular flexibility index (Phi) is 4.44. The normalized spacial score (nSPS) is 8.86. The molecular weight excluding hydrogens is 105 g/mol. The summed E-state index contributed by atoms with van der Waals surface area (Å²) in [5.74, 6) is 2.73. The van der Waals surface area contributed by atoms with Crippen LogP contribution in [0.25, 0.3) is 0 Å². The average molecular weight is 115 g/mol. The topological polar surface area (TPSA) is 3.24 Å². The SMILES string of the molecule is CCN(C#P)CC. The molecule has 0 radical (unpaired) electrons. The average Bonchev–Trinajstić information content (AvgIpc) is 1.72. The molecule has 0 saturated heterocycles. The summed E-state index contributed by atoms with van der Waals surface area (Å²) in [6, 6.07) is 0. The van der Waals surface area contributed by atoms with Crippen LogP contribution in [0.3, 0.4) is 0 Å². The van der Waals surface area contributed by atoms with Gasteiger partial charge >= 0.3 is 46.3 Å². The van der Waals surface area contributed by atoms with Gasteiger partial charge in [-0.15, -0.1) is 0 Å². The van der Waals surface area contributed by atoms with E-state index in [9.17, 15) is 0 Å². The van der Waals surface area contributed by atoms with Gasteiger partial charge in [0.15, 0.2) is 0 Å². The molecule has 0 aromatic rings. The molecule has 0 bridgehead atoms. The third kappa shape index (κ3) is 2.82. The maximum atomic E-state index is 3.85. The van der Waals surface area contributed by atoms with Crippen molar-refractivity contribution >= 4 is 8.70 Å². The van der Waals surface area contributed by atoms with Crippen molar-refractivity contribution < 1.29 is 0 Å². The van der Waals surface area contributed by atoms with E-state index in [4.69, 9.17) is 0 Å². The Morgan fingerprint density at radius 2 is 1.86 bits per heavy atom. The fraction of sp³-hybridized carbons (Fsp3) is 0.800. The van der Waals surface area contributed by atoms with E-state index in [0.717, 1.165) is 13.1 Å². The zero-order valence-electron chi connectivity index (χ0n) is 4.81. The van der Waals surface area contributed by atoms with Crippen LogP contribution in [0.5, 0.6) is 0 Å². The molecule has 0 aliphatic rings. The van der Waals surface area contributed by atoms with E-state index in [2.05, 4.69) is 28.3 Å². The third-order valence-corrected chi connectivity index (χ3v) is 1.19. The van der Waals surface area contributed by atoms with E-state index >= 15 is 0 Å². The molecule has 0 N–H and O–H groups in total. The van der Waals surface area contributed by atoms with Crippen LogP contribution in [0.1, 0.15) is 13.8 Å². The fourth-order valence-corrected chi connectivity index (χ4v) is 0.648. The summed E-state index contributed by atoms with van der Waals surface area (Å²) >= 11 is 0. The molecule has 0 unspecified atom stereocenters. The van der Waals surface area contributed by atoms with Gasteiger partial charge in [0, 0.05) is 0 Å². The molecule has 0 atom stereocenters. The van der Waals surface area contributed by atoms with Gasteiger partial charge in [-0.2, -0.15) is 0 Å². The summed E-state index contributed by atoms with van der Waals surface area (Å²) in [6.07, 6.45) is 0. The van der Waals surface area contributed by atoms with Crippen LogP contribution in [0.2, 0.25) is 0 Å². The van der Waals surface area contributed by atoms with E-state index in [-0.39, 0.29) is 0 Å². The summed E-state index contributed by atoms with van der Waals surface area (Å²) in [6.45, 7) is 6.15. The van der Waals surface area contributed by atoms with Crippen molar-refractivity contribution in [2.45, 2.75) is 13.8 Å². The van der Waals surface area contributed by atoms with E-state index in [1.54, 1.807) is 0 Å². The Balaban J connectivity index is 3.23. The molecule has 0 spiro atoms. The van der Waals surface area contributed by atoms with Crippen molar-refractivity contribution in [3.8, 4) is 5.75 Å². The van der Waals surface area contributed by atoms with E-state index in [1.165, 1.54) is 0 Å². The number of hydrogen-bond acceptors (Lipinski definition) is 1. The van der Waals surface area contributed by atoms with Gasteiger partial charge in [0.25, 0.3) is 0 Å². The first-order valence-corrected chi connectivity index (χ1v) is 2.94. The second kappa shape index (κ2) is 4.33. The molecule has 0 saturated carbocycles. The van der Waals surface area contributed by atoms with Gasteiger partial charge in [0.1, 0.15) is 0 Å². The van der Waals surface area contributed by atoms with Crippen LogP contribution >= 0.6 is 8.70 Å². The van der Waals surface area contributed by atoms with Crippen LogP contribution in [-0.4, -0.2) is 18.0 Å².